The fraction of sp³-hybridized carbons (Fsp3) is 0.409. The zero-order valence-electron chi connectivity index (χ0n) is 17.8. The Bertz CT molecular complexity index is 922. The molecule has 1 unspecified atom stereocenters. The average molecular weight is 395 g/mol. The van der Waals surface area contributed by atoms with Gasteiger partial charge in [0.05, 0.1) is 5.69 Å². The highest BCUT2D eigenvalue weighted by Crippen LogP contribution is 2.14. The van der Waals surface area contributed by atoms with Gasteiger partial charge in [-0.15, -0.1) is 6.42 Å². The van der Waals surface area contributed by atoms with Crippen LogP contribution in [0, 0.1) is 26.2 Å². The van der Waals surface area contributed by atoms with Crippen molar-refractivity contribution >= 4 is 17.6 Å². The minimum atomic E-state index is -0.206. The van der Waals surface area contributed by atoms with Crippen molar-refractivity contribution in [1.29, 1.82) is 0 Å². The van der Waals surface area contributed by atoms with Crippen LogP contribution < -0.4 is 16.0 Å². The first-order valence-corrected chi connectivity index (χ1v) is 9.74. The first kappa shape index (κ1) is 22.0. The molecule has 1 atom stereocenters. The molecule has 0 saturated carbocycles. The highest BCUT2D eigenvalue weighted by molar-refractivity contribution is 5.94. The zero-order chi connectivity index (χ0) is 21.4. The highest BCUT2D eigenvalue weighted by Gasteiger charge is 2.14. The van der Waals surface area contributed by atoms with Crippen LogP contribution in [0.3, 0.4) is 0 Å². The first-order chi connectivity index (χ1) is 13.8. The normalized spacial score (nSPS) is 12.2. The van der Waals surface area contributed by atoms with Gasteiger partial charge < -0.3 is 16.0 Å². The van der Waals surface area contributed by atoms with Crippen molar-refractivity contribution in [3.05, 3.63) is 46.8 Å². The summed E-state index contributed by atoms with van der Waals surface area (Å²) < 4.78 is 1.90. The van der Waals surface area contributed by atoms with E-state index in [1.54, 1.807) is 12.1 Å². The monoisotopic (exact) mass is 394 g/mol. The lowest BCUT2D eigenvalue weighted by molar-refractivity contribution is -0.114. The fourth-order valence-corrected chi connectivity index (χ4v) is 3.06. The summed E-state index contributed by atoms with van der Waals surface area (Å²) in [5.41, 5.74) is 4.81. The lowest BCUT2D eigenvalue weighted by Gasteiger charge is -2.18. The number of aryl methyl sites for hydroxylation is 2. The molecule has 2 rings (SSSR count). The van der Waals surface area contributed by atoms with Crippen LogP contribution in [0.4, 0.5) is 5.69 Å². The molecule has 0 radical (unpaired) electrons. The maximum absolute atomic E-state index is 12.3. The Labute approximate surface area is 173 Å². The number of benzene rings is 1. The summed E-state index contributed by atoms with van der Waals surface area (Å²) in [5.74, 6) is 2.95. The van der Waals surface area contributed by atoms with Crippen molar-refractivity contribution in [3.63, 3.8) is 0 Å². The quantitative estimate of drug-likeness (QED) is 0.382. The molecule has 154 valence electrons. The maximum atomic E-state index is 12.3. The molecule has 29 heavy (non-hydrogen) atoms. The van der Waals surface area contributed by atoms with Crippen LogP contribution >= 0.6 is 0 Å². The molecule has 1 heterocycles. The number of amides is 1. The number of carbonyl (C=O) groups excluding carboxylic acids is 1. The summed E-state index contributed by atoms with van der Waals surface area (Å²) in [5, 5.41) is 13.8. The molecule has 1 aromatic carbocycles. The molecule has 0 aliphatic rings. The third-order valence-electron chi connectivity index (χ3n) is 4.59. The van der Waals surface area contributed by atoms with Gasteiger partial charge >= 0.3 is 0 Å². The molecule has 0 aliphatic heterocycles. The van der Waals surface area contributed by atoms with E-state index in [1.807, 2.05) is 37.7 Å². The third kappa shape index (κ3) is 6.39. The van der Waals surface area contributed by atoms with Crippen molar-refractivity contribution in [3.8, 4) is 12.3 Å². The maximum Gasteiger partial charge on any atom is 0.246 e. The molecular formula is C22H30N6O. The van der Waals surface area contributed by atoms with E-state index in [2.05, 4.69) is 45.8 Å². The van der Waals surface area contributed by atoms with Crippen LogP contribution in [0.5, 0.6) is 0 Å². The van der Waals surface area contributed by atoms with Gasteiger partial charge in [-0.25, -0.2) is 4.99 Å². The second-order valence-corrected chi connectivity index (χ2v) is 6.99. The van der Waals surface area contributed by atoms with E-state index in [1.165, 1.54) is 5.56 Å². The van der Waals surface area contributed by atoms with E-state index < -0.39 is 0 Å². The molecule has 3 N–H and O–H groups in total. The minimum Gasteiger partial charge on any atom is -0.357 e. The number of nitrogens with zero attached hydrogens (tertiary/aromatic N) is 3. The van der Waals surface area contributed by atoms with Gasteiger partial charge in [-0.3, -0.25) is 9.48 Å². The Morgan fingerprint density at radius 3 is 2.76 bits per heavy atom. The molecule has 7 heteroatoms. The molecule has 0 bridgehead atoms. The Kier molecular flexibility index (Phi) is 7.84. The van der Waals surface area contributed by atoms with Crippen molar-refractivity contribution in [2.45, 2.75) is 40.2 Å². The molecular weight excluding hydrogens is 364 g/mol. The van der Waals surface area contributed by atoms with Gasteiger partial charge in [-0.2, -0.15) is 5.10 Å². The first-order valence-electron chi connectivity index (χ1n) is 9.74. The van der Waals surface area contributed by atoms with E-state index >= 15 is 0 Å². The van der Waals surface area contributed by atoms with Gasteiger partial charge in [-0.05, 0) is 57.9 Å². The van der Waals surface area contributed by atoms with Crippen LogP contribution in [0.2, 0.25) is 0 Å². The topological polar surface area (TPSA) is 83.3 Å². The van der Waals surface area contributed by atoms with Crippen LogP contribution in [0.25, 0.3) is 0 Å². The molecule has 1 aromatic heterocycles. The smallest absolute Gasteiger partial charge is 0.246 e. The Balaban J connectivity index is 1.97. The molecule has 0 spiro atoms. The lowest BCUT2D eigenvalue weighted by atomic mass is 10.1. The second kappa shape index (κ2) is 10.3. The van der Waals surface area contributed by atoms with Gasteiger partial charge in [0, 0.05) is 36.6 Å². The van der Waals surface area contributed by atoms with Crippen molar-refractivity contribution in [2.75, 3.05) is 18.4 Å². The van der Waals surface area contributed by atoms with Crippen LogP contribution in [-0.2, 0) is 18.3 Å². The number of guanidine groups is 1. The van der Waals surface area contributed by atoms with Gasteiger partial charge in [-0.1, -0.05) is 12.0 Å². The van der Waals surface area contributed by atoms with E-state index in [0.29, 0.717) is 18.2 Å². The van der Waals surface area contributed by atoms with Gasteiger partial charge in [0.1, 0.15) is 6.54 Å². The lowest BCUT2D eigenvalue weighted by Crippen LogP contribution is -2.43. The van der Waals surface area contributed by atoms with Gasteiger partial charge in [0.25, 0.3) is 0 Å². The SMILES string of the molecule is C#Cc1cccc(NC(=O)CN=C(NCC)NC(C)Cc2c(C)nn(C)c2C)c1. The molecule has 1 amide bonds. The summed E-state index contributed by atoms with van der Waals surface area (Å²) >= 11 is 0. The Morgan fingerprint density at radius 2 is 2.14 bits per heavy atom. The number of hydrogen-bond acceptors (Lipinski definition) is 3. The van der Waals surface area contributed by atoms with Crippen molar-refractivity contribution < 1.29 is 4.79 Å². The van der Waals surface area contributed by atoms with E-state index in [0.717, 1.165) is 23.4 Å². The molecule has 0 aliphatic carbocycles. The van der Waals surface area contributed by atoms with Crippen molar-refractivity contribution in [1.82, 2.24) is 20.4 Å². The van der Waals surface area contributed by atoms with Gasteiger partial charge in [0.15, 0.2) is 5.96 Å². The number of terminal acetylenes is 1. The number of nitrogens with one attached hydrogen (secondary N) is 3. The summed E-state index contributed by atoms with van der Waals surface area (Å²) in [6.45, 7) is 8.88. The summed E-state index contributed by atoms with van der Waals surface area (Å²) in [4.78, 5) is 16.7. The van der Waals surface area contributed by atoms with Crippen molar-refractivity contribution in [2.24, 2.45) is 12.0 Å². The Morgan fingerprint density at radius 1 is 1.38 bits per heavy atom. The number of rotatable bonds is 7. The number of anilines is 1. The Hall–Kier alpha value is -3.27. The molecule has 0 fully saturated rings. The number of carbonyl (C=O) groups is 1. The van der Waals surface area contributed by atoms with E-state index in [4.69, 9.17) is 6.42 Å². The van der Waals surface area contributed by atoms with Crippen LogP contribution in [-0.4, -0.2) is 40.8 Å². The van der Waals surface area contributed by atoms with Gasteiger partial charge in [0.2, 0.25) is 5.91 Å². The fourth-order valence-electron chi connectivity index (χ4n) is 3.06. The highest BCUT2D eigenvalue weighted by atomic mass is 16.1. The zero-order valence-corrected chi connectivity index (χ0v) is 17.8. The molecule has 0 saturated heterocycles. The standard InChI is InChI=1S/C22H30N6O/c1-7-18-10-9-11-19(13-18)26-21(29)14-24-22(23-8-2)25-15(3)12-20-16(4)27-28(6)17(20)5/h1,9-11,13,15H,8,12,14H2,2-6H3,(H,26,29)(H2,23,24,25). The van der Waals surface area contributed by atoms with Crippen LogP contribution in [0.1, 0.15) is 36.4 Å². The molecule has 2 aromatic rings. The third-order valence-corrected chi connectivity index (χ3v) is 4.59. The van der Waals surface area contributed by atoms with Crippen LogP contribution in [0.15, 0.2) is 29.3 Å². The number of aliphatic imine (C=N–C) groups is 1. The number of aromatic nitrogens is 2. The largest absolute Gasteiger partial charge is 0.357 e. The van der Waals surface area contributed by atoms with E-state index in [9.17, 15) is 4.79 Å². The summed E-state index contributed by atoms with van der Waals surface area (Å²) in [6.07, 6.45) is 6.22. The second-order valence-electron chi connectivity index (χ2n) is 6.99. The average Bonchev–Trinajstić information content (AvgIpc) is 2.92. The minimum absolute atomic E-state index is 0.00722. The molecule has 7 nitrogen and oxygen atoms in total. The van der Waals surface area contributed by atoms with E-state index in [-0.39, 0.29) is 18.5 Å². The predicted octanol–water partition coefficient (Wildman–Crippen LogP) is 2.14. The summed E-state index contributed by atoms with van der Waals surface area (Å²) in [6, 6.07) is 7.31. The summed E-state index contributed by atoms with van der Waals surface area (Å²) in [7, 11) is 1.95. The predicted molar refractivity (Wildman–Crippen MR) is 118 cm³/mol. The number of hydrogen-bond donors (Lipinski definition) is 3.